The Bertz CT molecular complexity index is 945. The normalized spacial score (nSPS) is 18.2. The molecule has 0 spiro atoms. The van der Waals surface area contributed by atoms with Crippen LogP contribution in [0.4, 0.5) is 11.4 Å². The lowest BCUT2D eigenvalue weighted by Gasteiger charge is -2.29. The van der Waals surface area contributed by atoms with Gasteiger partial charge in [-0.25, -0.2) is 0 Å². The van der Waals surface area contributed by atoms with Crippen molar-refractivity contribution in [1.82, 2.24) is 5.32 Å². The molecule has 1 aliphatic heterocycles. The topological polar surface area (TPSA) is 91.4 Å². The Balaban J connectivity index is 1.46. The molecule has 0 aromatic heterocycles. The molecule has 2 aliphatic rings. The van der Waals surface area contributed by atoms with Crippen LogP contribution in [-0.2, 0) is 4.74 Å². The molecule has 0 radical (unpaired) electrons. The van der Waals surface area contributed by atoms with Crippen molar-refractivity contribution in [1.29, 1.82) is 5.41 Å². The van der Waals surface area contributed by atoms with Crippen molar-refractivity contribution in [2.24, 2.45) is 5.92 Å². The summed E-state index contributed by atoms with van der Waals surface area (Å²) in [7, 11) is 0. The van der Waals surface area contributed by atoms with Crippen molar-refractivity contribution in [2.45, 2.75) is 45.1 Å². The molecule has 4 N–H and O–H groups in total. The Kier molecular flexibility index (Phi) is 7.10. The molecule has 2 aromatic carbocycles. The fourth-order valence-corrected chi connectivity index (χ4v) is 4.77. The van der Waals surface area contributed by atoms with Crippen LogP contribution >= 0.6 is 0 Å². The van der Waals surface area contributed by atoms with Gasteiger partial charge in [0.25, 0.3) is 5.91 Å². The average molecular weight is 435 g/mol. The Labute approximate surface area is 190 Å². The third kappa shape index (κ3) is 5.13. The summed E-state index contributed by atoms with van der Waals surface area (Å²) >= 11 is 0. The Hall–Kier alpha value is -2.86. The minimum atomic E-state index is -0.0974. The maximum atomic E-state index is 12.9. The molecule has 170 valence electrons. The predicted octanol–water partition coefficient (Wildman–Crippen LogP) is 4.22. The van der Waals surface area contributed by atoms with Crippen LogP contribution in [0, 0.1) is 11.3 Å². The molecular formula is C26H34N4O2. The molecular weight excluding hydrogens is 400 g/mol. The van der Waals surface area contributed by atoms with Crippen LogP contribution in [0.1, 0.15) is 60.5 Å². The summed E-state index contributed by atoms with van der Waals surface area (Å²) in [6, 6.07) is 13.3. The molecule has 1 saturated carbocycles. The lowest BCUT2D eigenvalue weighted by molar-refractivity contribution is 0.0919. The highest BCUT2D eigenvalue weighted by atomic mass is 16.5. The van der Waals surface area contributed by atoms with Crippen molar-refractivity contribution in [3.8, 4) is 0 Å². The van der Waals surface area contributed by atoms with Crippen LogP contribution in [0.25, 0.3) is 0 Å². The molecule has 4 rings (SSSR count). The first-order valence-corrected chi connectivity index (χ1v) is 11.8. The van der Waals surface area contributed by atoms with Crippen molar-refractivity contribution < 1.29 is 9.53 Å². The molecule has 0 bridgehead atoms. The minimum absolute atomic E-state index is 0.0974. The van der Waals surface area contributed by atoms with Gasteiger partial charge in [0.15, 0.2) is 0 Å². The number of nitrogen functional groups attached to an aromatic ring is 1. The van der Waals surface area contributed by atoms with Gasteiger partial charge in [-0.1, -0.05) is 31.4 Å². The summed E-state index contributed by atoms with van der Waals surface area (Å²) in [5, 5.41) is 11.9. The molecule has 1 amide bonds. The number of nitrogens with zero attached hydrogens (tertiary/aromatic N) is 1. The number of morpholine rings is 1. The molecule has 2 aromatic rings. The Morgan fingerprint density at radius 2 is 1.72 bits per heavy atom. The van der Waals surface area contributed by atoms with E-state index < -0.39 is 0 Å². The van der Waals surface area contributed by atoms with Crippen molar-refractivity contribution in [3.63, 3.8) is 0 Å². The number of hydrogen-bond acceptors (Lipinski definition) is 5. The SMILES string of the molecule is CC(NC(=O)c1ccc(N)c(C(=N)c2ccc(N3CCOCC3)cc2)c1)C1CCCCC1. The van der Waals surface area contributed by atoms with Gasteiger partial charge in [0.2, 0.25) is 0 Å². The van der Waals surface area contributed by atoms with E-state index in [-0.39, 0.29) is 11.9 Å². The number of rotatable bonds is 6. The molecule has 6 heteroatoms. The molecule has 1 heterocycles. The molecule has 6 nitrogen and oxygen atoms in total. The van der Waals surface area contributed by atoms with Gasteiger partial charge < -0.3 is 20.7 Å². The van der Waals surface area contributed by atoms with Gasteiger partial charge >= 0.3 is 0 Å². The first-order chi connectivity index (χ1) is 15.5. The molecule has 1 unspecified atom stereocenters. The smallest absolute Gasteiger partial charge is 0.251 e. The van der Waals surface area contributed by atoms with Gasteiger partial charge in [0.1, 0.15) is 0 Å². The minimum Gasteiger partial charge on any atom is -0.398 e. The van der Waals surface area contributed by atoms with Crippen LogP contribution in [-0.4, -0.2) is 44.0 Å². The number of carbonyl (C=O) groups is 1. The van der Waals surface area contributed by atoms with E-state index in [0.29, 0.717) is 28.4 Å². The van der Waals surface area contributed by atoms with Crippen LogP contribution in [0.2, 0.25) is 0 Å². The lowest BCUT2D eigenvalue weighted by atomic mass is 9.84. The van der Waals surface area contributed by atoms with E-state index in [2.05, 4.69) is 17.1 Å². The summed E-state index contributed by atoms with van der Waals surface area (Å²) in [6.07, 6.45) is 6.16. The first-order valence-electron chi connectivity index (χ1n) is 11.8. The number of nitrogens with two attached hydrogens (primary N) is 1. The highest BCUT2D eigenvalue weighted by Crippen LogP contribution is 2.27. The maximum absolute atomic E-state index is 12.9. The van der Waals surface area contributed by atoms with Crippen molar-refractivity contribution in [2.75, 3.05) is 36.9 Å². The largest absolute Gasteiger partial charge is 0.398 e. The van der Waals surface area contributed by atoms with Gasteiger partial charge in [-0.2, -0.15) is 0 Å². The molecule has 2 fully saturated rings. The van der Waals surface area contributed by atoms with Crippen LogP contribution in [0.15, 0.2) is 42.5 Å². The first kappa shape index (κ1) is 22.3. The van der Waals surface area contributed by atoms with Crippen LogP contribution in [0.5, 0.6) is 0 Å². The summed E-state index contributed by atoms with van der Waals surface area (Å²) < 4.78 is 5.42. The van der Waals surface area contributed by atoms with E-state index >= 15 is 0 Å². The van der Waals surface area contributed by atoms with Gasteiger partial charge in [-0.3, -0.25) is 10.2 Å². The third-order valence-corrected chi connectivity index (χ3v) is 6.83. The standard InChI is InChI=1S/C26H34N4O2/c1-18(19-5-3-2-4-6-19)29-26(31)21-9-12-24(27)23(17-21)25(28)20-7-10-22(11-8-20)30-13-15-32-16-14-30/h7-12,17-19,28H,2-6,13-16,27H2,1H3,(H,29,31). The summed E-state index contributed by atoms with van der Waals surface area (Å²) in [4.78, 5) is 15.2. The van der Waals surface area contributed by atoms with Gasteiger partial charge in [-0.05, 0) is 56.0 Å². The van der Waals surface area contributed by atoms with Crippen molar-refractivity contribution >= 4 is 23.0 Å². The second-order valence-corrected chi connectivity index (χ2v) is 8.98. The molecule has 1 atom stereocenters. The third-order valence-electron chi connectivity index (χ3n) is 6.83. The lowest BCUT2D eigenvalue weighted by Crippen LogP contribution is -2.38. The summed E-state index contributed by atoms with van der Waals surface area (Å²) in [5.41, 5.74) is 10.1. The van der Waals surface area contributed by atoms with Gasteiger partial charge in [-0.15, -0.1) is 0 Å². The predicted molar refractivity (Wildman–Crippen MR) is 130 cm³/mol. The van der Waals surface area contributed by atoms with Gasteiger partial charge in [0.05, 0.1) is 18.9 Å². The zero-order valence-electron chi connectivity index (χ0n) is 18.9. The number of anilines is 2. The van der Waals surface area contributed by atoms with E-state index in [9.17, 15) is 4.79 Å². The number of amides is 1. The van der Waals surface area contributed by atoms with Crippen LogP contribution in [0.3, 0.4) is 0 Å². The summed E-state index contributed by atoms with van der Waals surface area (Å²) in [5.74, 6) is 0.448. The van der Waals surface area contributed by atoms with E-state index in [1.807, 2.05) is 24.3 Å². The van der Waals surface area contributed by atoms with Gasteiger partial charge in [0, 0.05) is 47.2 Å². The summed E-state index contributed by atoms with van der Waals surface area (Å²) in [6.45, 7) is 5.33. The fourth-order valence-electron chi connectivity index (χ4n) is 4.77. The zero-order valence-corrected chi connectivity index (χ0v) is 18.9. The fraction of sp³-hybridized carbons (Fsp3) is 0.462. The quantitative estimate of drug-likeness (QED) is 0.469. The number of nitrogens with one attached hydrogen (secondary N) is 2. The molecule has 1 saturated heterocycles. The average Bonchev–Trinajstić information content (AvgIpc) is 2.85. The van der Waals surface area contributed by atoms with E-state index in [1.165, 1.54) is 32.1 Å². The highest BCUT2D eigenvalue weighted by Gasteiger charge is 2.22. The Morgan fingerprint density at radius 3 is 2.41 bits per heavy atom. The van der Waals surface area contributed by atoms with Crippen LogP contribution < -0.4 is 16.0 Å². The number of ether oxygens (including phenoxy) is 1. The second-order valence-electron chi connectivity index (χ2n) is 8.98. The number of hydrogen-bond donors (Lipinski definition) is 3. The molecule has 1 aliphatic carbocycles. The number of benzene rings is 2. The highest BCUT2D eigenvalue weighted by molar-refractivity contribution is 6.15. The Morgan fingerprint density at radius 1 is 1.06 bits per heavy atom. The van der Waals surface area contributed by atoms with Crippen molar-refractivity contribution in [3.05, 3.63) is 59.2 Å². The van der Waals surface area contributed by atoms with E-state index in [4.69, 9.17) is 15.9 Å². The molecule has 32 heavy (non-hydrogen) atoms. The monoisotopic (exact) mass is 434 g/mol. The number of carbonyl (C=O) groups excluding carboxylic acids is 1. The van der Waals surface area contributed by atoms with E-state index in [1.54, 1.807) is 18.2 Å². The maximum Gasteiger partial charge on any atom is 0.251 e. The van der Waals surface area contributed by atoms with E-state index in [0.717, 1.165) is 37.6 Å². The second kappa shape index (κ2) is 10.2. The zero-order chi connectivity index (χ0) is 22.5.